The molecule has 0 radical (unpaired) electrons. The van der Waals surface area contributed by atoms with Crippen LogP contribution in [0.1, 0.15) is 19.8 Å². The maximum absolute atomic E-state index is 3.91. The number of hydrogen-bond donors (Lipinski definition) is 0. The van der Waals surface area contributed by atoms with Crippen molar-refractivity contribution < 1.29 is 0 Å². The highest BCUT2D eigenvalue weighted by Crippen LogP contribution is 2.37. The molecule has 0 saturated carbocycles. The first-order valence-corrected chi connectivity index (χ1v) is 5.01. The molecular weight excluding hydrogens is 156 g/mol. The van der Waals surface area contributed by atoms with Gasteiger partial charge in [0.25, 0.3) is 0 Å². The predicted molar refractivity (Wildman–Crippen MR) is 57.4 cm³/mol. The van der Waals surface area contributed by atoms with Crippen molar-refractivity contribution in [3.05, 3.63) is 48.1 Å². The summed E-state index contributed by atoms with van der Waals surface area (Å²) in [7, 11) is 0. The van der Waals surface area contributed by atoms with Crippen LogP contribution in [0.4, 0.5) is 0 Å². The summed E-state index contributed by atoms with van der Waals surface area (Å²) in [5.41, 5.74) is 2.85. The number of allylic oxidation sites excluding steroid dienone is 7. The van der Waals surface area contributed by atoms with Crippen molar-refractivity contribution in [2.45, 2.75) is 19.8 Å². The molecule has 2 aliphatic rings. The lowest BCUT2D eigenvalue weighted by Crippen LogP contribution is -2.19. The molecule has 0 aromatic rings. The average molecular weight is 172 g/mol. The van der Waals surface area contributed by atoms with Gasteiger partial charge in [-0.15, -0.1) is 0 Å². The lowest BCUT2D eigenvalue weighted by molar-refractivity contribution is 0.471. The molecule has 2 aliphatic carbocycles. The molecule has 0 amide bonds. The second kappa shape index (κ2) is 3.37. The molecule has 0 N–H and O–H groups in total. The van der Waals surface area contributed by atoms with Crippen LogP contribution in [0.15, 0.2) is 48.1 Å². The minimum atomic E-state index is 0.630. The molecule has 0 bridgehead atoms. The van der Waals surface area contributed by atoms with E-state index in [1.54, 1.807) is 0 Å². The van der Waals surface area contributed by atoms with E-state index in [-0.39, 0.29) is 0 Å². The highest BCUT2D eigenvalue weighted by molar-refractivity contribution is 5.39. The molecular formula is C13H16. The molecule has 0 aromatic heterocycles. The maximum atomic E-state index is 3.91. The van der Waals surface area contributed by atoms with Crippen LogP contribution in [0.25, 0.3) is 0 Å². The summed E-state index contributed by atoms with van der Waals surface area (Å²) in [4.78, 5) is 0. The molecule has 0 fully saturated rings. The first-order valence-electron chi connectivity index (χ1n) is 5.01. The van der Waals surface area contributed by atoms with Gasteiger partial charge < -0.3 is 0 Å². The van der Waals surface area contributed by atoms with Crippen molar-refractivity contribution in [3.8, 4) is 0 Å². The lowest BCUT2D eigenvalue weighted by atomic mass is 9.74. The lowest BCUT2D eigenvalue weighted by Gasteiger charge is -2.30. The van der Waals surface area contributed by atoms with Gasteiger partial charge in [0.1, 0.15) is 0 Å². The van der Waals surface area contributed by atoms with Gasteiger partial charge in [-0.05, 0) is 36.8 Å². The van der Waals surface area contributed by atoms with E-state index in [1.165, 1.54) is 24.0 Å². The second-order valence-corrected chi connectivity index (χ2v) is 3.89. The van der Waals surface area contributed by atoms with E-state index in [9.17, 15) is 0 Å². The van der Waals surface area contributed by atoms with Crippen molar-refractivity contribution >= 4 is 0 Å². The Hall–Kier alpha value is -1.04. The highest BCUT2D eigenvalue weighted by Gasteiger charge is 2.25. The van der Waals surface area contributed by atoms with Crippen LogP contribution < -0.4 is 0 Å². The van der Waals surface area contributed by atoms with Crippen LogP contribution in [0.3, 0.4) is 0 Å². The third kappa shape index (κ3) is 1.41. The number of hydrogen-bond acceptors (Lipinski definition) is 0. The minimum absolute atomic E-state index is 0.630. The first kappa shape index (κ1) is 8.55. The Labute approximate surface area is 80.3 Å². The molecule has 2 rings (SSSR count). The van der Waals surface area contributed by atoms with Crippen LogP contribution >= 0.6 is 0 Å². The minimum Gasteiger partial charge on any atom is -0.0988 e. The summed E-state index contributed by atoms with van der Waals surface area (Å²) in [6.07, 6.45) is 13.7. The molecule has 0 nitrogen and oxygen atoms in total. The monoisotopic (exact) mass is 172 g/mol. The predicted octanol–water partition coefficient (Wildman–Crippen LogP) is 3.64. The summed E-state index contributed by atoms with van der Waals surface area (Å²) >= 11 is 0. The number of rotatable bonds is 1. The van der Waals surface area contributed by atoms with Crippen molar-refractivity contribution in [2.75, 3.05) is 0 Å². The SMILES string of the molecule is C=CC1=C(C)C=CC2C=CCCC12. The Morgan fingerprint density at radius 2 is 2.31 bits per heavy atom. The third-order valence-electron chi connectivity index (χ3n) is 3.11. The van der Waals surface area contributed by atoms with Gasteiger partial charge in [-0.1, -0.05) is 37.0 Å². The molecule has 0 aromatic carbocycles. The second-order valence-electron chi connectivity index (χ2n) is 3.89. The molecule has 0 saturated heterocycles. The van der Waals surface area contributed by atoms with Crippen molar-refractivity contribution in [1.29, 1.82) is 0 Å². The molecule has 0 heterocycles. The Morgan fingerprint density at radius 1 is 1.46 bits per heavy atom. The van der Waals surface area contributed by atoms with Crippen molar-refractivity contribution in [1.82, 2.24) is 0 Å². The zero-order chi connectivity index (χ0) is 9.26. The quantitative estimate of drug-likeness (QED) is 0.530. The largest absolute Gasteiger partial charge is 0.0988 e. The Morgan fingerprint density at radius 3 is 3.08 bits per heavy atom. The molecule has 0 aliphatic heterocycles. The Bertz CT molecular complexity index is 302. The maximum Gasteiger partial charge on any atom is 0.00187 e. The summed E-state index contributed by atoms with van der Waals surface area (Å²) < 4.78 is 0. The summed E-state index contributed by atoms with van der Waals surface area (Å²) in [5.74, 6) is 1.33. The van der Waals surface area contributed by atoms with E-state index in [2.05, 4.69) is 37.8 Å². The van der Waals surface area contributed by atoms with Crippen LogP contribution in [0.5, 0.6) is 0 Å². The van der Waals surface area contributed by atoms with Crippen molar-refractivity contribution in [3.63, 3.8) is 0 Å². The van der Waals surface area contributed by atoms with E-state index >= 15 is 0 Å². The van der Waals surface area contributed by atoms with Gasteiger partial charge in [0.15, 0.2) is 0 Å². The van der Waals surface area contributed by atoms with Gasteiger partial charge >= 0.3 is 0 Å². The third-order valence-corrected chi connectivity index (χ3v) is 3.11. The van der Waals surface area contributed by atoms with Crippen LogP contribution in [0, 0.1) is 11.8 Å². The van der Waals surface area contributed by atoms with Gasteiger partial charge in [0.05, 0.1) is 0 Å². The fourth-order valence-corrected chi connectivity index (χ4v) is 2.37. The van der Waals surface area contributed by atoms with E-state index in [0.717, 1.165) is 0 Å². The van der Waals surface area contributed by atoms with E-state index in [1.807, 2.05) is 6.08 Å². The van der Waals surface area contributed by atoms with Gasteiger partial charge in [0.2, 0.25) is 0 Å². The Balaban J connectivity index is 2.36. The molecule has 13 heavy (non-hydrogen) atoms. The average Bonchev–Trinajstić information content (AvgIpc) is 2.18. The highest BCUT2D eigenvalue weighted by atomic mass is 14.3. The van der Waals surface area contributed by atoms with Crippen LogP contribution in [-0.2, 0) is 0 Å². The normalized spacial score (nSPS) is 31.8. The van der Waals surface area contributed by atoms with E-state index in [4.69, 9.17) is 0 Å². The van der Waals surface area contributed by atoms with Gasteiger partial charge in [-0.2, -0.15) is 0 Å². The fraction of sp³-hybridized carbons (Fsp3) is 0.385. The van der Waals surface area contributed by atoms with Gasteiger partial charge in [-0.25, -0.2) is 0 Å². The van der Waals surface area contributed by atoms with Gasteiger partial charge in [0, 0.05) is 5.92 Å². The van der Waals surface area contributed by atoms with E-state index in [0.29, 0.717) is 11.8 Å². The standard InChI is InChI=1S/C13H16/c1-3-12-10(2)8-9-11-6-4-5-7-13(11)12/h3-4,6,8-9,11,13H,1,5,7H2,2H3. The topological polar surface area (TPSA) is 0 Å². The van der Waals surface area contributed by atoms with Gasteiger partial charge in [-0.3, -0.25) is 0 Å². The first-order chi connectivity index (χ1) is 6.33. The summed E-state index contributed by atoms with van der Waals surface area (Å²) in [5, 5.41) is 0. The zero-order valence-electron chi connectivity index (χ0n) is 8.16. The van der Waals surface area contributed by atoms with Crippen molar-refractivity contribution in [2.24, 2.45) is 11.8 Å². The molecule has 2 unspecified atom stereocenters. The number of fused-ring (bicyclic) bond motifs is 1. The molecule has 2 atom stereocenters. The molecule has 0 heteroatoms. The van der Waals surface area contributed by atoms with Crippen LogP contribution in [0.2, 0.25) is 0 Å². The smallest absolute Gasteiger partial charge is 0.00187 e. The molecule has 68 valence electrons. The summed E-state index contributed by atoms with van der Waals surface area (Å²) in [6.45, 7) is 6.09. The van der Waals surface area contributed by atoms with E-state index < -0.39 is 0 Å². The summed E-state index contributed by atoms with van der Waals surface area (Å²) in [6, 6.07) is 0. The molecule has 0 spiro atoms. The van der Waals surface area contributed by atoms with Crippen LogP contribution in [-0.4, -0.2) is 0 Å². The zero-order valence-corrected chi connectivity index (χ0v) is 8.16. The fourth-order valence-electron chi connectivity index (χ4n) is 2.37. The Kier molecular flexibility index (Phi) is 2.22.